The maximum absolute atomic E-state index is 11.4. The van der Waals surface area contributed by atoms with Crippen molar-refractivity contribution in [2.45, 2.75) is 37.8 Å². The molecule has 0 bridgehead atoms. The fourth-order valence-electron chi connectivity index (χ4n) is 2.66. The SMILES string of the molecule is COc1nc(NC2CCC(NC(=O)O)CC2)c(Br)cc1C(N)=O. The second kappa shape index (κ2) is 7.49. The molecule has 1 aliphatic rings. The number of primary amides is 1. The van der Waals surface area contributed by atoms with Crippen molar-refractivity contribution >= 4 is 33.7 Å². The first-order chi connectivity index (χ1) is 10.9. The maximum atomic E-state index is 11.4. The Labute approximate surface area is 141 Å². The predicted octanol–water partition coefficient (Wildman–Crippen LogP) is 1.94. The number of rotatable bonds is 5. The number of hydrogen-bond acceptors (Lipinski definition) is 5. The van der Waals surface area contributed by atoms with Crippen molar-refractivity contribution < 1.29 is 19.4 Å². The first-order valence-corrected chi connectivity index (χ1v) is 8.00. The number of anilines is 1. The summed E-state index contributed by atoms with van der Waals surface area (Å²) < 4.78 is 5.73. The number of carbonyl (C=O) groups is 2. The number of ether oxygens (including phenoxy) is 1. The molecule has 1 aromatic heterocycles. The van der Waals surface area contributed by atoms with Crippen LogP contribution in [0.1, 0.15) is 36.0 Å². The summed E-state index contributed by atoms with van der Waals surface area (Å²) in [5.41, 5.74) is 5.50. The number of hydrogen-bond donors (Lipinski definition) is 4. The number of methoxy groups -OCH3 is 1. The largest absolute Gasteiger partial charge is 0.480 e. The van der Waals surface area contributed by atoms with E-state index in [4.69, 9.17) is 15.6 Å². The molecule has 126 valence electrons. The van der Waals surface area contributed by atoms with Crippen LogP contribution in [0.2, 0.25) is 0 Å². The maximum Gasteiger partial charge on any atom is 0.404 e. The number of halogens is 1. The van der Waals surface area contributed by atoms with Gasteiger partial charge < -0.3 is 26.2 Å². The molecule has 5 N–H and O–H groups in total. The van der Waals surface area contributed by atoms with Crippen LogP contribution in [0, 0.1) is 0 Å². The Morgan fingerprint density at radius 1 is 1.35 bits per heavy atom. The van der Waals surface area contributed by atoms with Gasteiger partial charge in [0.15, 0.2) is 0 Å². The highest BCUT2D eigenvalue weighted by Crippen LogP contribution is 2.30. The average molecular weight is 387 g/mol. The van der Waals surface area contributed by atoms with Gasteiger partial charge in [-0.15, -0.1) is 0 Å². The zero-order valence-corrected chi connectivity index (χ0v) is 14.2. The van der Waals surface area contributed by atoms with Gasteiger partial charge in [0, 0.05) is 12.1 Å². The van der Waals surface area contributed by atoms with E-state index in [9.17, 15) is 9.59 Å². The van der Waals surface area contributed by atoms with Crippen molar-refractivity contribution in [1.82, 2.24) is 10.3 Å². The Hall–Kier alpha value is -2.03. The molecule has 0 unspecified atom stereocenters. The summed E-state index contributed by atoms with van der Waals surface area (Å²) in [7, 11) is 1.43. The summed E-state index contributed by atoms with van der Waals surface area (Å²) >= 11 is 3.37. The molecule has 1 heterocycles. The van der Waals surface area contributed by atoms with Crippen LogP contribution >= 0.6 is 15.9 Å². The first-order valence-electron chi connectivity index (χ1n) is 7.21. The summed E-state index contributed by atoms with van der Waals surface area (Å²) in [6, 6.07) is 1.75. The van der Waals surface area contributed by atoms with Crippen LogP contribution in [0.25, 0.3) is 0 Å². The Kier molecular flexibility index (Phi) is 5.64. The first kappa shape index (κ1) is 17.3. The lowest BCUT2D eigenvalue weighted by atomic mass is 9.91. The van der Waals surface area contributed by atoms with Gasteiger partial charge in [0.05, 0.1) is 11.6 Å². The van der Waals surface area contributed by atoms with Gasteiger partial charge in [-0.2, -0.15) is 4.98 Å². The molecule has 1 aliphatic carbocycles. The van der Waals surface area contributed by atoms with Crippen LogP contribution < -0.4 is 21.1 Å². The van der Waals surface area contributed by atoms with Crippen molar-refractivity contribution in [3.8, 4) is 5.88 Å². The summed E-state index contributed by atoms with van der Waals surface area (Å²) in [6.07, 6.45) is 2.17. The number of aromatic nitrogens is 1. The third-order valence-electron chi connectivity index (χ3n) is 3.80. The van der Waals surface area contributed by atoms with E-state index in [1.807, 2.05) is 0 Å². The molecule has 2 rings (SSSR count). The van der Waals surface area contributed by atoms with Crippen LogP contribution in [0.5, 0.6) is 5.88 Å². The van der Waals surface area contributed by atoms with E-state index in [0.29, 0.717) is 10.3 Å². The number of pyridine rings is 1. The highest BCUT2D eigenvalue weighted by molar-refractivity contribution is 9.10. The van der Waals surface area contributed by atoms with Crippen LogP contribution in [0.3, 0.4) is 0 Å². The number of carbonyl (C=O) groups excluding carboxylic acids is 1. The van der Waals surface area contributed by atoms with Gasteiger partial charge in [-0.25, -0.2) is 4.79 Å². The molecular formula is C14H19BrN4O4. The molecule has 1 fully saturated rings. The Balaban J connectivity index is 2.04. The van der Waals surface area contributed by atoms with E-state index in [1.54, 1.807) is 6.07 Å². The molecule has 0 spiro atoms. The van der Waals surface area contributed by atoms with Crippen molar-refractivity contribution in [2.75, 3.05) is 12.4 Å². The molecule has 0 radical (unpaired) electrons. The number of carboxylic acid groups (broad SMARTS) is 1. The lowest BCUT2D eigenvalue weighted by Gasteiger charge is -2.29. The second-order valence-electron chi connectivity index (χ2n) is 5.38. The molecular weight excluding hydrogens is 368 g/mol. The Morgan fingerprint density at radius 2 is 1.96 bits per heavy atom. The molecule has 0 aliphatic heterocycles. The van der Waals surface area contributed by atoms with E-state index < -0.39 is 12.0 Å². The average Bonchev–Trinajstić information content (AvgIpc) is 2.50. The fourth-order valence-corrected chi connectivity index (χ4v) is 3.09. The standard InChI is InChI=1S/C14H19BrN4O4/c1-23-13-9(11(16)20)6-10(15)12(19-13)17-7-2-4-8(5-3-7)18-14(21)22/h6-8,18H,2-5H2,1H3,(H2,16,20)(H,17,19)(H,21,22). The minimum absolute atomic E-state index is 0.00581. The summed E-state index contributed by atoms with van der Waals surface area (Å²) in [6.45, 7) is 0. The molecule has 8 nitrogen and oxygen atoms in total. The topological polar surface area (TPSA) is 127 Å². The number of nitrogens with one attached hydrogen (secondary N) is 2. The Bertz CT molecular complexity index is 603. The summed E-state index contributed by atoms with van der Waals surface area (Å²) in [5, 5.41) is 14.5. The van der Waals surface area contributed by atoms with Crippen LogP contribution in [0.15, 0.2) is 10.5 Å². The lowest BCUT2D eigenvalue weighted by Crippen LogP contribution is -2.39. The third kappa shape index (κ3) is 4.47. The van der Waals surface area contributed by atoms with E-state index in [0.717, 1.165) is 25.7 Å². The molecule has 2 amide bonds. The predicted molar refractivity (Wildman–Crippen MR) is 87.8 cm³/mol. The third-order valence-corrected chi connectivity index (χ3v) is 4.40. The van der Waals surface area contributed by atoms with E-state index in [2.05, 4.69) is 31.5 Å². The molecule has 9 heteroatoms. The quantitative estimate of drug-likeness (QED) is 0.612. The smallest absolute Gasteiger partial charge is 0.404 e. The van der Waals surface area contributed by atoms with E-state index in [-0.39, 0.29) is 23.5 Å². The van der Waals surface area contributed by atoms with Gasteiger partial charge in [-0.3, -0.25) is 4.79 Å². The number of nitrogens with two attached hydrogens (primary N) is 1. The van der Waals surface area contributed by atoms with Crippen LogP contribution in [-0.4, -0.2) is 41.3 Å². The van der Waals surface area contributed by atoms with Crippen molar-refractivity contribution in [2.24, 2.45) is 5.73 Å². The van der Waals surface area contributed by atoms with Crippen LogP contribution in [-0.2, 0) is 0 Å². The highest BCUT2D eigenvalue weighted by Gasteiger charge is 2.24. The van der Waals surface area contributed by atoms with Crippen LogP contribution in [0.4, 0.5) is 10.6 Å². The second-order valence-corrected chi connectivity index (χ2v) is 6.24. The van der Waals surface area contributed by atoms with Gasteiger partial charge in [-0.1, -0.05) is 0 Å². The van der Waals surface area contributed by atoms with Crippen molar-refractivity contribution in [1.29, 1.82) is 0 Å². The van der Waals surface area contributed by atoms with Gasteiger partial charge in [0.2, 0.25) is 5.88 Å². The number of amides is 2. The number of nitrogens with zero attached hydrogens (tertiary/aromatic N) is 1. The summed E-state index contributed by atoms with van der Waals surface area (Å²) in [4.78, 5) is 26.3. The fraction of sp³-hybridized carbons (Fsp3) is 0.500. The minimum atomic E-state index is -0.988. The molecule has 23 heavy (non-hydrogen) atoms. The van der Waals surface area contributed by atoms with E-state index in [1.165, 1.54) is 7.11 Å². The molecule has 0 aromatic carbocycles. The monoisotopic (exact) mass is 386 g/mol. The normalized spacial score (nSPS) is 20.6. The van der Waals surface area contributed by atoms with Crippen molar-refractivity contribution in [3.63, 3.8) is 0 Å². The zero-order valence-electron chi connectivity index (χ0n) is 12.6. The van der Waals surface area contributed by atoms with Gasteiger partial charge in [0.25, 0.3) is 5.91 Å². The minimum Gasteiger partial charge on any atom is -0.480 e. The van der Waals surface area contributed by atoms with E-state index >= 15 is 0 Å². The Morgan fingerprint density at radius 3 is 2.48 bits per heavy atom. The van der Waals surface area contributed by atoms with Gasteiger partial charge in [-0.05, 0) is 47.7 Å². The zero-order chi connectivity index (χ0) is 17.0. The van der Waals surface area contributed by atoms with Crippen molar-refractivity contribution in [3.05, 3.63) is 16.1 Å². The summed E-state index contributed by atoms with van der Waals surface area (Å²) in [5.74, 6) is 0.132. The molecule has 0 saturated heterocycles. The highest BCUT2D eigenvalue weighted by atomic mass is 79.9. The van der Waals surface area contributed by atoms with Gasteiger partial charge >= 0.3 is 6.09 Å². The molecule has 1 saturated carbocycles. The lowest BCUT2D eigenvalue weighted by molar-refractivity contribution is 0.0996. The molecule has 0 atom stereocenters. The molecule has 1 aromatic rings. The van der Waals surface area contributed by atoms with Gasteiger partial charge in [0.1, 0.15) is 11.4 Å².